The Hall–Kier alpha value is -2.78. The lowest BCUT2D eigenvalue weighted by molar-refractivity contribution is -0.114. The molecule has 1 N–H and O–H groups in total. The number of aryl methyl sites for hydroxylation is 1. The summed E-state index contributed by atoms with van der Waals surface area (Å²) >= 11 is 12.5. The minimum atomic E-state index is -4.11. The Labute approximate surface area is 215 Å². The maximum atomic E-state index is 13.5. The van der Waals surface area contributed by atoms with Gasteiger partial charge in [0.1, 0.15) is 6.54 Å². The third-order valence-corrected chi connectivity index (χ3v) is 7.93. The summed E-state index contributed by atoms with van der Waals surface area (Å²) in [6.07, 6.45) is 0. The number of nitrogens with zero attached hydrogens (tertiary/aromatic N) is 2. The first kappa shape index (κ1) is 25.3. The van der Waals surface area contributed by atoms with Crippen LogP contribution in [-0.4, -0.2) is 47.2 Å². The van der Waals surface area contributed by atoms with Crippen molar-refractivity contribution in [1.29, 1.82) is 0 Å². The molecule has 0 aliphatic carbocycles. The fourth-order valence-corrected chi connectivity index (χ4v) is 5.59. The van der Waals surface area contributed by atoms with Crippen LogP contribution >= 0.6 is 23.2 Å². The van der Waals surface area contributed by atoms with Crippen LogP contribution < -0.4 is 14.5 Å². The molecule has 4 rings (SSSR count). The Balaban J connectivity index is 1.57. The van der Waals surface area contributed by atoms with Gasteiger partial charge < -0.3 is 15.0 Å². The van der Waals surface area contributed by atoms with Crippen molar-refractivity contribution >= 4 is 56.2 Å². The molecule has 1 fully saturated rings. The van der Waals surface area contributed by atoms with Crippen molar-refractivity contribution in [3.8, 4) is 0 Å². The molecule has 1 heterocycles. The molecule has 3 aromatic carbocycles. The van der Waals surface area contributed by atoms with Crippen molar-refractivity contribution in [3.63, 3.8) is 0 Å². The van der Waals surface area contributed by atoms with Gasteiger partial charge in [-0.3, -0.25) is 9.10 Å². The summed E-state index contributed by atoms with van der Waals surface area (Å²) in [6.45, 7) is 4.34. The van der Waals surface area contributed by atoms with Gasteiger partial charge in [-0.1, -0.05) is 40.9 Å². The third-order valence-electron chi connectivity index (χ3n) is 5.60. The lowest BCUT2D eigenvalue weighted by Crippen LogP contribution is -2.38. The predicted octanol–water partition coefficient (Wildman–Crippen LogP) is 4.97. The molecule has 1 saturated heterocycles. The number of nitrogens with one attached hydrogen (secondary N) is 1. The molecule has 0 unspecified atom stereocenters. The molecule has 35 heavy (non-hydrogen) atoms. The molecular weight excluding hydrogens is 509 g/mol. The van der Waals surface area contributed by atoms with E-state index >= 15 is 0 Å². The number of halogens is 2. The van der Waals surface area contributed by atoms with Crippen molar-refractivity contribution in [2.45, 2.75) is 11.8 Å². The van der Waals surface area contributed by atoms with Gasteiger partial charge in [0.15, 0.2) is 0 Å². The Morgan fingerprint density at radius 2 is 1.66 bits per heavy atom. The van der Waals surface area contributed by atoms with E-state index in [1.165, 1.54) is 24.3 Å². The number of anilines is 3. The Bertz CT molecular complexity index is 1290. The SMILES string of the molecule is Cc1ccc(S(=O)(=O)N(CC(=O)Nc2ccc(N3CCOCC3)cc2)c2cc(Cl)ccc2Cl)cc1. The average Bonchev–Trinajstić information content (AvgIpc) is 2.85. The van der Waals surface area contributed by atoms with Gasteiger partial charge in [-0.2, -0.15) is 0 Å². The zero-order valence-electron chi connectivity index (χ0n) is 19.1. The Morgan fingerprint density at radius 1 is 1.00 bits per heavy atom. The second-order valence-corrected chi connectivity index (χ2v) is 10.8. The van der Waals surface area contributed by atoms with Gasteiger partial charge in [-0.15, -0.1) is 0 Å². The van der Waals surface area contributed by atoms with Crippen molar-refractivity contribution in [3.05, 3.63) is 82.3 Å². The van der Waals surface area contributed by atoms with Crippen LogP contribution in [0.15, 0.2) is 71.6 Å². The topological polar surface area (TPSA) is 79.0 Å². The highest BCUT2D eigenvalue weighted by molar-refractivity contribution is 7.92. The lowest BCUT2D eigenvalue weighted by atomic mass is 10.2. The van der Waals surface area contributed by atoms with E-state index in [2.05, 4.69) is 10.2 Å². The summed E-state index contributed by atoms with van der Waals surface area (Å²) in [5.74, 6) is -0.518. The number of carbonyl (C=O) groups is 1. The number of hydrogen-bond donors (Lipinski definition) is 1. The highest BCUT2D eigenvalue weighted by Gasteiger charge is 2.29. The molecule has 1 aliphatic heterocycles. The van der Waals surface area contributed by atoms with Crippen molar-refractivity contribution < 1.29 is 17.9 Å². The normalized spacial score (nSPS) is 14.0. The molecule has 0 atom stereocenters. The Kier molecular flexibility index (Phi) is 7.86. The van der Waals surface area contributed by atoms with Crippen LogP contribution in [0.4, 0.5) is 17.1 Å². The minimum absolute atomic E-state index is 0.0433. The van der Waals surface area contributed by atoms with Crippen LogP contribution in [-0.2, 0) is 19.6 Å². The highest BCUT2D eigenvalue weighted by atomic mass is 35.5. The fourth-order valence-electron chi connectivity index (χ4n) is 3.72. The van der Waals surface area contributed by atoms with Crippen LogP contribution in [0.3, 0.4) is 0 Å². The van der Waals surface area contributed by atoms with E-state index in [-0.39, 0.29) is 15.6 Å². The maximum Gasteiger partial charge on any atom is 0.264 e. The molecule has 0 bridgehead atoms. The maximum absolute atomic E-state index is 13.5. The first-order valence-corrected chi connectivity index (χ1v) is 13.2. The standard InChI is InChI=1S/C25H25Cl2N3O4S/c1-18-2-9-22(10-3-18)35(32,33)30(24-16-19(26)4-11-23(24)27)17-25(31)28-20-5-7-21(8-6-20)29-12-14-34-15-13-29/h2-11,16H,12-15,17H2,1H3,(H,28,31). The summed E-state index contributed by atoms with van der Waals surface area (Å²) < 4.78 is 33.4. The van der Waals surface area contributed by atoms with Crippen molar-refractivity contribution in [1.82, 2.24) is 0 Å². The van der Waals surface area contributed by atoms with Crippen LogP contribution in [0.25, 0.3) is 0 Å². The summed E-state index contributed by atoms with van der Waals surface area (Å²) in [5, 5.41) is 3.23. The monoisotopic (exact) mass is 533 g/mol. The first-order chi connectivity index (χ1) is 16.7. The van der Waals surface area contributed by atoms with Gasteiger partial charge in [0, 0.05) is 29.5 Å². The summed E-state index contributed by atoms with van der Waals surface area (Å²) in [7, 11) is -4.11. The molecule has 3 aromatic rings. The summed E-state index contributed by atoms with van der Waals surface area (Å²) in [5.41, 5.74) is 2.62. The minimum Gasteiger partial charge on any atom is -0.378 e. The number of sulfonamides is 1. The van der Waals surface area contributed by atoms with Crippen LogP contribution in [0, 0.1) is 6.92 Å². The molecule has 7 nitrogen and oxygen atoms in total. The number of carbonyl (C=O) groups excluding carboxylic acids is 1. The van der Waals surface area contributed by atoms with Crippen LogP contribution in [0.2, 0.25) is 10.0 Å². The molecule has 1 amide bonds. The van der Waals surface area contributed by atoms with Gasteiger partial charge in [0.05, 0.1) is 28.8 Å². The summed E-state index contributed by atoms with van der Waals surface area (Å²) in [6, 6.07) is 18.3. The van der Waals surface area contributed by atoms with E-state index < -0.39 is 22.5 Å². The second kappa shape index (κ2) is 10.9. The van der Waals surface area contributed by atoms with E-state index in [0.29, 0.717) is 23.9 Å². The quantitative estimate of drug-likeness (QED) is 0.463. The zero-order valence-corrected chi connectivity index (χ0v) is 21.4. The smallest absolute Gasteiger partial charge is 0.264 e. The molecule has 184 valence electrons. The number of ether oxygens (including phenoxy) is 1. The van der Waals surface area contributed by atoms with Gasteiger partial charge in [-0.05, 0) is 61.5 Å². The second-order valence-electron chi connectivity index (χ2n) is 8.11. The van der Waals surface area contributed by atoms with Gasteiger partial charge >= 0.3 is 0 Å². The van der Waals surface area contributed by atoms with E-state index in [9.17, 15) is 13.2 Å². The fraction of sp³-hybridized carbons (Fsp3) is 0.240. The van der Waals surface area contributed by atoms with Crippen LogP contribution in [0.5, 0.6) is 0 Å². The van der Waals surface area contributed by atoms with Gasteiger partial charge in [0.25, 0.3) is 10.0 Å². The molecule has 0 radical (unpaired) electrons. The summed E-state index contributed by atoms with van der Waals surface area (Å²) in [4.78, 5) is 15.2. The molecule has 0 spiro atoms. The van der Waals surface area contributed by atoms with Gasteiger partial charge in [0.2, 0.25) is 5.91 Å². The molecule has 0 saturated carbocycles. The molecular formula is C25H25Cl2N3O4S. The number of rotatable bonds is 7. The molecule has 0 aromatic heterocycles. The largest absolute Gasteiger partial charge is 0.378 e. The number of hydrogen-bond acceptors (Lipinski definition) is 5. The highest BCUT2D eigenvalue weighted by Crippen LogP contribution is 2.33. The van der Waals surface area contributed by atoms with E-state index in [1.54, 1.807) is 30.3 Å². The van der Waals surface area contributed by atoms with E-state index in [4.69, 9.17) is 27.9 Å². The first-order valence-electron chi connectivity index (χ1n) is 11.0. The molecule has 10 heteroatoms. The van der Waals surface area contributed by atoms with Crippen molar-refractivity contribution in [2.24, 2.45) is 0 Å². The van der Waals surface area contributed by atoms with E-state index in [0.717, 1.165) is 28.6 Å². The number of benzene rings is 3. The van der Waals surface area contributed by atoms with E-state index in [1.807, 2.05) is 19.1 Å². The number of amides is 1. The Morgan fingerprint density at radius 3 is 2.31 bits per heavy atom. The van der Waals surface area contributed by atoms with Crippen LogP contribution in [0.1, 0.15) is 5.56 Å². The van der Waals surface area contributed by atoms with Gasteiger partial charge in [-0.25, -0.2) is 8.42 Å². The number of morpholine rings is 1. The zero-order chi connectivity index (χ0) is 25.0. The predicted molar refractivity (Wildman–Crippen MR) is 140 cm³/mol. The molecule has 1 aliphatic rings. The van der Waals surface area contributed by atoms with Crippen molar-refractivity contribution in [2.75, 3.05) is 47.4 Å². The average molecular weight is 534 g/mol. The lowest BCUT2D eigenvalue weighted by Gasteiger charge is -2.29. The third kappa shape index (κ3) is 6.08.